The van der Waals surface area contributed by atoms with Gasteiger partial charge in [-0.15, -0.1) is 0 Å². The van der Waals surface area contributed by atoms with Crippen LogP contribution in [0.5, 0.6) is 0 Å². The summed E-state index contributed by atoms with van der Waals surface area (Å²) in [7, 11) is 0. The summed E-state index contributed by atoms with van der Waals surface area (Å²) < 4.78 is 1.68. The Balaban J connectivity index is 1.86. The first kappa shape index (κ1) is 13.0. The number of aromatic nitrogens is 5. The highest BCUT2D eigenvalue weighted by atomic mass is 15.3. The lowest BCUT2D eigenvalue weighted by molar-refractivity contribution is 0.837. The summed E-state index contributed by atoms with van der Waals surface area (Å²) >= 11 is 0. The number of benzene rings is 1. The van der Waals surface area contributed by atoms with E-state index in [0.29, 0.717) is 11.9 Å². The molecule has 3 aromatic rings. The Kier molecular flexibility index (Phi) is 3.46. The van der Waals surface area contributed by atoms with E-state index in [-0.39, 0.29) is 12.0 Å². The average molecular weight is 281 g/mol. The Morgan fingerprint density at radius 3 is 2.67 bits per heavy atom. The summed E-state index contributed by atoms with van der Waals surface area (Å²) in [5.41, 5.74) is 6.88. The molecule has 1 atom stereocenters. The van der Waals surface area contributed by atoms with Gasteiger partial charge in [0.25, 0.3) is 0 Å². The van der Waals surface area contributed by atoms with Crippen molar-refractivity contribution in [2.75, 3.05) is 11.1 Å². The molecule has 0 spiro atoms. The van der Waals surface area contributed by atoms with Gasteiger partial charge in [0, 0.05) is 12.4 Å². The molecule has 0 saturated heterocycles. The third-order valence-corrected chi connectivity index (χ3v) is 3.02. The maximum Gasteiger partial charge on any atom is 0.241 e. The summed E-state index contributed by atoms with van der Waals surface area (Å²) in [5.74, 6) is 1.03. The number of anilines is 2. The fourth-order valence-electron chi connectivity index (χ4n) is 1.96. The van der Waals surface area contributed by atoms with Crippen LogP contribution in [-0.4, -0.2) is 24.5 Å². The van der Waals surface area contributed by atoms with Crippen LogP contribution in [0.2, 0.25) is 0 Å². The van der Waals surface area contributed by atoms with Gasteiger partial charge in [-0.3, -0.25) is 4.57 Å². The number of rotatable bonds is 4. The molecule has 0 amide bonds. The van der Waals surface area contributed by atoms with E-state index in [2.05, 4.69) is 25.3 Å². The van der Waals surface area contributed by atoms with Gasteiger partial charge in [0.2, 0.25) is 17.8 Å². The van der Waals surface area contributed by atoms with Crippen LogP contribution in [0.1, 0.15) is 18.5 Å². The first-order valence-corrected chi connectivity index (χ1v) is 6.54. The van der Waals surface area contributed by atoms with Crippen LogP contribution in [-0.2, 0) is 0 Å². The SMILES string of the molecule is CC(Nc1nc(N)nc(-n2ccnc2)n1)c1ccccc1. The maximum absolute atomic E-state index is 5.74. The normalized spacial score (nSPS) is 12.0. The summed E-state index contributed by atoms with van der Waals surface area (Å²) in [6.45, 7) is 2.03. The molecule has 7 heteroatoms. The minimum absolute atomic E-state index is 0.0589. The monoisotopic (exact) mass is 281 g/mol. The fraction of sp³-hybridized carbons (Fsp3) is 0.143. The molecular weight excluding hydrogens is 266 g/mol. The molecule has 2 aromatic heterocycles. The van der Waals surface area contributed by atoms with E-state index in [0.717, 1.165) is 5.56 Å². The van der Waals surface area contributed by atoms with Crippen molar-refractivity contribution in [1.82, 2.24) is 24.5 Å². The molecule has 1 aromatic carbocycles. The topological polar surface area (TPSA) is 94.5 Å². The Morgan fingerprint density at radius 1 is 1.14 bits per heavy atom. The molecule has 1 unspecified atom stereocenters. The van der Waals surface area contributed by atoms with E-state index in [9.17, 15) is 0 Å². The average Bonchev–Trinajstić information content (AvgIpc) is 3.02. The molecule has 0 fully saturated rings. The van der Waals surface area contributed by atoms with E-state index in [4.69, 9.17) is 5.73 Å². The fourth-order valence-corrected chi connectivity index (χ4v) is 1.96. The van der Waals surface area contributed by atoms with Crippen molar-refractivity contribution in [2.24, 2.45) is 0 Å². The van der Waals surface area contributed by atoms with Crippen LogP contribution in [0.3, 0.4) is 0 Å². The molecule has 3 N–H and O–H groups in total. The van der Waals surface area contributed by atoms with Crippen LogP contribution in [0, 0.1) is 0 Å². The predicted octanol–water partition coefficient (Wildman–Crippen LogP) is 1.81. The summed E-state index contributed by atoms with van der Waals surface area (Å²) in [6.07, 6.45) is 5.01. The standard InChI is InChI=1S/C14H15N7/c1-10(11-5-3-2-4-6-11)17-13-18-12(15)19-14(20-13)21-8-7-16-9-21/h2-10H,1H3,(H3,15,17,18,19,20). The number of nitrogens with two attached hydrogens (primary N) is 1. The second-order valence-electron chi connectivity index (χ2n) is 4.56. The van der Waals surface area contributed by atoms with Crippen molar-refractivity contribution in [3.8, 4) is 5.95 Å². The van der Waals surface area contributed by atoms with Gasteiger partial charge in [0.1, 0.15) is 6.33 Å². The van der Waals surface area contributed by atoms with E-state index < -0.39 is 0 Å². The van der Waals surface area contributed by atoms with Crippen molar-refractivity contribution in [3.05, 3.63) is 54.6 Å². The number of imidazole rings is 1. The highest BCUT2D eigenvalue weighted by molar-refractivity contribution is 5.37. The van der Waals surface area contributed by atoms with E-state index in [1.54, 1.807) is 23.3 Å². The summed E-state index contributed by atoms with van der Waals surface area (Å²) in [5, 5.41) is 3.23. The lowest BCUT2D eigenvalue weighted by Gasteiger charge is -2.14. The van der Waals surface area contributed by atoms with Crippen molar-refractivity contribution in [1.29, 1.82) is 0 Å². The van der Waals surface area contributed by atoms with Gasteiger partial charge in [-0.25, -0.2) is 4.98 Å². The van der Waals surface area contributed by atoms with Crippen LogP contribution >= 0.6 is 0 Å². The van der Waals surface area contributed by atoms with E-state index in [1.807, 2.05) is 37.3 Å². The summed E-state index contributed by atoms with van der Waals surface area (Å²) in [4.78, 5) is 16.5. The van der Waals surface area contributed by atoms with Gasteiger partial charge in [-0.05, 0) is 12.5 Å². The zero-order chi connectivity index (χ0) is 14.7. The highest BCUT2D eigenvalue weighted by Gasteiger charge is 2.10. The minimum atomic E-state index is 0.0589. The lowest BCUT2D eigenvalue weighted by Crippen LogP contribution is -2.13. The number of hydrogen-bond donors (Lipinski definition) is 2. The second-order valence-corrected chi connectivity index (χ2v) is 4.56. The lowest BCUT2D eigenvalue weighted by atomic mass is 10.1. The second kappa shape index (κ2) is 5.58. The van der Waals surface area contributed by atoms with Crippen molar-refractivity contribution in [2.45, 2.75) is 13.0 Å². The maximum atomic E-state index is 5.74. The quantitative estimate of drug-likeness (QED) is 0.757. The Morgan fingerprint density at radius 2 is 1.95 bits per heavy atom. The van der Waals surface area contributed by atoms with Crippen molar-refractivity contribution >= 4 is 11.9 Å². The third-order valence-electron chi connectivity index (χ3n) is 3.02. The van der Waals surface area contributed by atoms with Gasteiger partial charge in [-0.1, -0.05) is 30.3 Å². The summed E-state index contributed by atoms with van der Waals surface area (Å²) in [6, 6.07) is 10.1. The number of hydrogen-bond acceptors (Lipinski definition) is 6. The Labute approximate surface area is 121 Å². The first-order valence-electron chi connectivity index (χ1n) is 6.54. The van der Waals surface area contributed by atoms with Gasteiger partial charge >= 0.3 is 0 Å². The number of nitrogen functional groups attached to an aromatic ring is 1. The molecular formula is C14H15N7. The Hall–Kier alpha value is -2.96. The van der Waals surface area contributed by atoms with E-state index in [1.165, 1.54) is 0 Å². The van der Waals surface area contributed by atoms with Crippen LogP contribution in [0.25, 0.3) is 5.95 Å². The zero-order valence-electron chi connectivity index (χ0n) is 11.5. The Bertz CT molecular complexity index is 709. The number of nitrogens with one attached hydrogen (secondary N) is 1. The van der Waals surface area contributed by atoms with Gasteiger partial charge in [0.15, 0.2) is 0 Å². The smallest absolute Gasteiger partial charge is 0.241 e. The molecule has 0 bridgehead atoms. The minimum Gasteiger partial charge on any atom is -0.368 e. The largest absolute Gasteiger partial charge is 0.368 e. The molecule has 7 nitrogen and oxygen atoms in total. The molecule has 3 rings (SSSR count). The van der Waals surface area contributed by atoms with Crippen molar-refractivity contribution in [3.63, 3.8) is 0 Å². The molecule has 2 heterocycles. The van der Waals surface area contributed by atoms with Gasteiger partial charge in [-0.2, -0.15) is 15.0 Å². The molecule has 0 radical (unpaired) electrons. The van der Waals surface area contributed by atoms with Crippen LogP contribution in [0.15, 0.2) is 49.1 Å². The first-order chi connectivity index (χ1) is 10.2. The molecule has 0 saturated carbocycles. The van der Waals surface area contributed by atoms with E-state index >= 15 is 0 Å². The number of nitrogens with zero attached hydrogens (tertiary/aromatic N) is 5. The van der Waals surface area contributed by atoms with Gasteiger partial charge in [0.05, 0.1) is 6.04 Å². The predicted molar refractivity (Wildman–Crippen MR) is 79.8 cm³/mol. The third kappa shape index (κ3) is 2.97. The van der Waals surface area contributed by atoms with Gasteiger partial charge < -0.3 is 11.1 Å². The molecule has 21 heavy (non-hydrogen) atoms. The van der Waals surface area contributed by atoms with Crippen LogP contribution < -0.4 is 11.1 Å². The van der Waals surface area contributed by atoms with Crippen molar-refractivity contribution < 1.29 is 0 Å². The van der Waals surface area contributed by atoms with Crippen LogP contribution in [0.4, 0.5) is 11.9 Å². The molecule has 0 aliphatic heterocycles. The molecule has 0 aliphatic rings. The molecule has 0 aliphatic carbocycles. The zero-order valence-corrected chi connectivity index (χ0v) is 11.5. The highest BCUT2D eigenvalue weighted by Crippen LogP contribution is 2.17. The molecule has 106 valence electrons.